The Bertz CT molecular complexity index is 754. The number of allylic oxidation sites excluding steroid dienone is 2. The summed E-state index contributed by atoms with van der Waals surface area (Å²) < 4.78 is 0. The second-order valence-corrected chi connectivity index (χ2v) is 14.5. The van der Waals surface area contributed by atoms with Gasteiger partial charge in [-0.05, 0) is 115 Å². The van der Waals surface area contributed by atoms with E-state index in [2.05, 4.69) is 55.4 Å². The zero-order chi connectivity index (χ0) is 21.7. The van der Waals surface area contributed by atoms with Gasteiger partial charge in [-0.25, -0.2) is 0 Å². The smallest absolute Gasteiger partial charge is 0.00566 e. The van der Waals surface area contributed by atoms with E-state index in [1.165, 1.54) is 70.6 Å². The molecule has 0 N–H and O–H groups in total. The van der Waals surface area contributed by atoms with Crippen molar-refractivity contribution in [3.8, 4) is 0 Å². The van der Waals surface area contributed by atoms with Crippen LogP contribution in [-0.2, 0) is 0 Å². The van der Waals surface area contributed by atoms with Gasteiger partial charge in [-0.2, -0.15) is 0 Å². The molecule has 0 bridgehead atoms. The standard InChI is InChI=1S/C30H50/c1-20(2)21-10-11-22-23-12-13-25-28(6)16-9-15-26(3,4)24(28)14-17-30(25,8)29(23,7)19-18-27(21,22)5/h20-21,24-25H,9-19H2,1-8H3/t21-,24+,25-,27-,28+,29-,30-/m1/s1. The molecule has 0 unspecified atom stereocenters. The second kappa shape index (κ2) is 6.41. The molecule has 5 rings (SSSR count). The van der Waals surface area contributed by atoms with Crippen molar-refractivity contribution < 1.29 is 0 Å². The van der Waals surface area contributed by atoms with Gasteiger partial charge in [0.1, 0.15) is 0 Å². The highest BCUT2D eigenvalue weighted by molar-refractivity contribution is 5.38. The molecule has 7 atom stereocenters. The van der Waals surface area contributed by atoms with Gasteiger partial charge in [-0.15, -0.1) is 0 Å². The van der Waals surface area contributed by atoms with Crippen molar-refractivity contribution in [2.24, 2.45) is 50.7 Å². The third-order valence-electron chi connectivity index (χ3n) is 12.9. The van der Waals surface area contributed by atoms with Crippen LogP contribution in [-0.4, -0.2) is 0 Å². The lowest BCUT2D eigenvalue weighted by Gasteiger charge is -2.70. The summed E-state index contributed by atoms with van der Waals surface area (Å²) in [7, 11) is 0. The molecule has 5 aliphatic rings. The highest BCUT2D eigenvalue weighted by atomic mass is 14.7. The number of hydrogen-bond donors (Lipinski definition) is 0. The fourth-order valence-electron chi connectivity index (χ4n) is 11.3. The summed E-state index contributed by atoms with van der Waals surface area (Å²) in [5.74, 6) is 3.63. The molecule has 30 heavy (non-hydrogen) atoms. The summed E-state index contributed by atoms with van der Waals surface area (Å²) in [5, 5.41) is 0. The first-order valence-corrected chi connectivity index (χ1v) is 13.6. The first-order chi connectivity index (χ1) is 13.9. The van der Waals surface area contributed by atoms with Crippen molar-refractivity contribution in [3.05, 3.63) is 11.1 Å². The number of rotatable bonds is 1. The van der Waals surface area contributed by atoms with E-state index in [0.717, 1.165) is 23.7 Å². The SMILES string of the molecule is CC(C)[C@H]1CCC2=C3CC[C@@H]4[C@@]5(C)CCCC(C)(C)[C@@H]5CC[C@@]4(C)[C@]3(C)CC[C@@]21C. The average molecular weight is 411 g/mol. The third-order valence-corrected chi connectivity index (χ3v) is 12.9. The van der Waals surface area contributed by atoms with Crippen LogP contribution < -0.4 is 0 Å². The summed E-state index contributed by atoms with van der Waals surface area (Å²) in [5.41, 5.74) is 6.57. The predicted octanol–water partition coefficient (Wildman–Crippen LogP) is 9.20. The normalized spacial score (nSPS) is 52.5. The highest BCUT2D eigenvalue weighted by Gasteiger charge is 2.66. The molecule has 0 spiro atoms. The molecule has 5 aliphatic carbocycles. The van der Waals surface area contributed by atoms with Crippen LogP contribution >= 0.6 is 0 Å². The maximum Gasteiger partial charge on any atom is -0.00566 e. The van der Waals surface area contributed by atoms with Crippen molar-refractivity contribution in [3.63, 3.8) is 0 Å². The van der Waals surface area contributed by atoms with Gasteiger partial charge in [0.15, 0.2) is 0 Å². The van der Waals surface area contributed by atoms with E-state index in [9.17, 15) is 0 Å². The van der Waals surface area contributed by atoms with E-state index >= 15 is 0 Å². The van der Waals surface area contributed by atoms with Gasteiger partial charge in [-0.3, -0.25) is 0 Å². The van der Waals surface area contributed by atoms with Gasteiger partial charge < -0.3 is 0 Å². The van der Waals surface area contributed by atoms with E-state index in [0.29, 0.717) is 27.1 Å². The number of fused-ring (bicyclic) bond motifs is 6. The molecule has 0 aromatic rings. The van der Waals surface area contributed by atoms with Crippen LogP contribution in [0.3, 0.4) is 0 Å². The monoisotopic (exact) mass is 410 g/mol. The molecule has 0 radical (unpaired) electrons. The Kier molecular flexibility index (Phi) is 4.61. The van der Waals surface area contributed by atoms with Crippen LogP contribution in [0.5, 0.6) is 0 Å². The molecule has 0 heterocycles. The van der Waals surface area contributed by atoms with Gasteiger partial charge >= 0.3 is 0 Å². The molecule has 0 aliphatic heterocycles. The highest BCUT2D eigenvalue weighted by Crippen LogP contribution is 2.75. The van der Waals surface area contributed by atoms with Crippen molar-refractivity contribution in [2.75, 3.05) is 0 Å². The van der Waals surface area contributed by atoms with E-state index in [-0.39, 0.29) is 0 Å². The van der Waals surface area contributed by atoms with Crippen LogP contribution in [0, 0.1) is 50.7 Å². The van der Waals surface area contributed by atoms with Crippen LogP contribution in [0.4, 0.5) is 0 Å². The lowest BCUT2D eigenvalue weighted by molar-refractivity contribution is -0.179. The van der Waals surface area contributed by atoms with Gasteiger partial charge in [0, 0.05) is 0 Å². The van der Waals surface area contributed by atoms with Crippen molar-refractivity contribution in [1.82, 2.24) is 0 Å². The molecule has 0 heteroatoms. The zero-order valence-electron chi connectivity index (χ0n) is 21.6. The Labute approximate surface area is 188 Å². The van der Waals surface area contributed by atoms with E-state index in [1.807, 2.05) is 11.1 Å². The summed E-state index contributed by atoms with van der Waals surface area (Å²) in [6, 6.07) is 0. The molecule has 0 amide bonds. The molecule has 4 saturated carbocycles. The third kappa shape index (κ3) is 2.46. The molecule has 0 aromatic heterocycles. The molecule has 170 valence electrons. The fraction of sp³-hybridized carbons (Fsp3) is 0.933. The van der Waals surface area contributed by atoms with Crippen molar-refractivity contribution in [2.45, 2.75) is 126 Å². The van der Waals surface area contributed by atoms with Crippen LogP contribution in [0.1, 0.15) is 126 Å². The van der Waals surface area contributed by atoms with Crippen molar-refractivity contribution >= 4 is 0 Å². The number of hydrogen-bond acceptors (Lipinski definition) is 0. The van der Waals surface area contributed by atoms with E-state index in [4.69, 9.17) is 0 Å². The molecule has 4 fully saturated rings. The first-order valence-electron chi connectivity index (χ1n) is 13.6. The summed E-state index contributed by atoms with van der Waals surface area (Å²) in [6.45, 7) is 21.1. The molecule has 0 nitrogen and oxygen atoms in total. The van der Waals surface area contributed by atoms with E-state index in [1.54, 1.807) is 0 Å². The van der Waals surface area contributed by atoms with Crippen LogP contribution in [0.25, 0.3) is 0 Å². The first kappa shape index (κ1) is 21.6. The minimum Gasteiger partial charge on any atom is -0.0642 e. The van der Waals surface area contributed by atoms with Gasteiger partial charge in [0.05, 0.1) is 0 Å². The Morgan fingerprint density at radius 2 is 1.40 bits per heavy atom. The van der Waals surface area contributed by atoms with Crippen LogP contribution in [0.2, 0.25) is 0 Å². The van der Waals surface area contributed by atoms with E-state index < -0.39 is 0 Å². The Morgan fingerprint density at radius 3 is 2.10 bits per heavy atom. The van der Waals surface area contributed by atoms with Crippen LogP contribution in [0.15, 0.2) is 11.1 Å². The van der Waals surface area contributed by atoms with Crippen molar-refractivity contribution in [1.29, 1.82) is 0 Å². The molecule has 0 saturated heterocycles. The molecular weight excluding hydrogens is 360 g/mol. The maximum atomic E-state index is 2.78. The Morgan fingerprint density at radius 1 is 0.700 bits per heavy atom. The second-order valence-electron chi connectivity index (χ2n) is 14.5. The summed E-state index contributed by atoms with van der Waals surface area (Å²) in [4.78, 5) is 0. The summed E-state index contributed by atoms with van der Waals surface area (Å²) >= 11 is 0. The Balaban J connectivity index is 1.58. The lowest BCUT2D eigenvalue weighted by atomic mass is 9.34. The quantitative estimate of drug-likeness (QED) is 0.378. The van der Waals surface area contributed by atoms with Gasteiger partial charge in [0.2, 0.25) is 0 Å². The Hall–Kier alpha value is -0.260. The molecular formula is C30H50. The topological polar surface area (TPSA) is 0 Å². The summed E-state index contributed by atoms with van der Waals surface area (Å²) in [6.07, 6.45) is 16.1. The fourth-order valence-corrected chi connectivity index (χ4v) is 11.3. The molecule has 0 aromatic carbocycles. The zero-order valence-corrected chi connectivity index (χ0v) is 21.6. The maximum absolute atomic E-state index is 2.78. The average Bonchev–Trinajstić information content (AvgIpc) is 2.99. The minimum absolute atomic E-state index is 0.464. The van der Waals surface area contributed by atoms with Gasteiger partial charge in [0.25, 0.3) is 0 Å². The largest absolute Gasteiger partial charge is 0.0642 e. The van der Waals surface area contributed by atoms with Gasteiger partial charge in [-0.1, -0.05) is 73.0 Å². The lowest BCUT2D eigenvalue weighted by Crippen LogP contribution is -2.62. The predicted molar refractivity (Wildman–Crippen MR) is 129 cm³/mol. The minimum atomic E-state index is 0.464.